The molecule has 1 aromatic heterocycles. The second-order valence-corrected chi connectivity index (χ2v) is 5.54. The third-order valence-corrected chi connectivity index (χ3v) is 3.65. The lowest BCUT2D eigenvalue weighted by Gasteiger charge is -2.21. The van der Waals surface area contributed by atoms with Gasteiger partial charge in [-0.15, -0.1) is 0 Å². The summed E-state index contributed by atoms with van der Waals surface area (Å²) in [6.45, 7) is 6.31. The van der Waals surface area contributed by atoms with Gasteiger partial charge in [0.15, 0.2) is 5.11 Å². The Morgan fingerprint density at radius 2 is 2.00 bits per heavy atom. The number of hydrogen-bond donors (Lipinski definition) is 2. The van der Waals surface area contributed by atoms with Gasteiger partial charge in [0.25, 0.3) is 0 Å². The Hall–Kier alpha value is -1.94. The molecule has 0 spiro atoms. The van der Waals surface area contributed by atoms with Gasteiger partial charge in [0.2, 0.25) is 0 Å². The number of pyridine rings is 1. The van der Waals surface area contributed by atoms with Crippen molar-refractivity contribution in [3.8, 4) is 0 Å². The standard InChI is InChI=1S/C17H21N3S/c1-4-15(14-8-6-5-7-13(14)3)19-17(21)20-16-11-12(2)9-10-18-16/h5-11,15H,4H2,1-3H3,(H2,18,19,20,21). The second-order valence-electron chi connectivity index (χ2n) is 5.13. The van der Waals surface area contributed by atoms with Gasteiger partial charge in [-0.05, 0) is 61.3 Å². The lowest BCUT2D eigenvalue weighted by Crippen LogP contribution is -2.32. The summed E-state index contributed by atoms with van der Waals surface area (Å²) in [6.07, 6.45) is 2.74. The van der Waals surface area contributed by atoms with Crippen LogP contribution in [-0.2, 0) is 0 Å². The number of hydrogen-bond acceptors (Lipinski definition) is 2. The highest BCUT2D eigenvalue weighted by atomic mass is 32.1. The molecule has 2 rings (SSSR count). The average Bonchev–Trinajstić information content (AvgIpc) is 2.45. The smallest absolute Gasteiger partial charge is 0.172 e. The van der Waals surface area contributed by atoms with E-state index in [1.807, 2.05) is 19.1 Å². The molecule has 0 saturated carbocycles. The van der Waals surface area contributed by atoms with Crippen LogP contribution in [0.2, 0.25) is 0 Å². The van der Waals surface area contributed by atoms with E-state index in [0.717, 1.165) is 17.8 Å². The zero-order valence-corrected chi connectivity index (χ0v) is 13.5. The lowest BCUT2D eigenvalue weighted by atomic mass is 10.00. The minimum Gasteiger partial charge on any atom is -0.356 e. The summed E-state index contributed by atoms with van der Waals surface area (Å²) in [7, 11) is 0. The summed E-state index contributed by atoms with van der Waals surface area (Å²) in [4.78, 5) is 4.26. The molecule has 0 bridgehead atoms. The van der Waals surface area contributed by atoms with Crippen molar-refractivity contribution in [3.05, 3.63) is 59.3 Å². The quantitative estimate of drug-likeness (QED) is 0.832. The van der Waals surface area contributed by atoms with Crippen molar-refractivity contribution in [2.75, 3.05) is 5.32 Å². The maximum absolute atomic E-state index is 5.40. The summed E-state index contributed by atoms with van der Waals surface area (Å²) in [6, 6.07) is 12.5. The third-order valence-electron chi connectivity index (χ3n) is 3.43. The highest BCUT2D eigenvalue weighted by molar-refractivity contribution is 7.80. The molecule has 1 unspecified atom stereocenters. The monoisotopic (exact) mass is 299 g/mol. The molecule has 1 heterocycles. The molecule has 21 heavy (non-hydrogen) atoms. The van der Waals surface area contributed by atoms with E-state index in [-0.39, 0.29) is 6.04 Å². The van der Waals surface area contributed by atoms with E-state index in [0.29, 0.717) is 5.11 Å². The van der Waals surface area contributed by atoms with Gasteiger partial charge in [0.1, 0.15) is 5.82 Å². The first-order chi connectivity index (χ1) is 10.1. The summed E-state index contributed by atoms with van der Waals surface area (Å²) in [5.41, 5.74) is 3.70. The molecule has 0 radical (unpaired) electrons. The topological polar surface area (TPSA) is 37.0 Å². The van der Waals surface area contributed by atoms with Gasteiger partial charge >= 0.3 is 0 Å². The normalized spacial score (nSPS) is 11.8. The van der Waals surface area contributed by atoms with Gasteiger partial charge in [-0.1, -0.05) is 31.2 Å². The highest BCUT2D eigenvalue weighted by Gasteiger charge is 2.12. The van der Waals surface area contributed by atoms with Crippen LogP contribution in [0.5, 0.6) is 0 Å². The molecule has 0 aliphatic heterocycles. The van der Waals surface area contributed by atoms with Crippen LogP contribution in [0.15, 0.2) is 42.6 Å². The minimum atomic E-state index is 0.205. The van der Waals surface area contributed by atoms with Crippen molar-refractivity contribution in [2.24, 2.45) is 0 Å². The predicted octanol–water partition coefficient (Wildman–Crippen LogP) is 4.14. The molecule has 0 fully saturated rings. The van der Waals surface area contributed by atoms with E-state index < -0.39 is 0 Å². The molecule has 2 N–H and O–H groups in total. The van der Waals surface area contributed by atoms with Crippen molar-refractivity contribution in [3.63, 3.8) is 0 Å². The molecule has 1 aromatic carbocycles. The van der Waals surface area contributed by atoms with Crippen molar-refractivity contribution >= 4 is 23.1 Å². The Balaban J connectivity index is 2.05. The fourth-order valence-corrected chi connectivity index (χ4v) is 2.54. The van der Waals surface area contributed by atoms with Gasteiger partial charge in [-0.2, -0.15) is 0 Å². The van der Waals surface area contributed by atoms with Crippen molar-refractivity contribution < 1.29 is 0 Å². The lowest BCUT2D eigenvalue weighted by molar-refractivity contribution is 0.625. The molecule has 0 saturated heterocycles. The summed E-state index contributed by atoms with van der Waals surface area (Å²) >= 11 is 5.40. The van der Waals surface area contributed by atoms with Crippen LogP contribution in [0.4, 0.5) is 5.82 Å². The molecule has 0 aliphatic rings. The number of nitrogens with one attached hydrogen (secondary N) is 2. The van der Waals surface area contributed by atoms with Crippen LogP contribution in [0.1, 0.15) is 36.1 Å². The van der Waals surface area contributed by atoms with Crippen molar-refractivity contribution in [2.45, 2.75) is 33.2 Å². The number of nitrogens with zero attached hydrogens (tertiary/aromatic N) is 1. The van der Waals surface area contributed by atoms with E-state index in [1.54, 1.807) is 6.20 Å². The molecule has 110 valence electrons. The Morgan fingerprint density at radius 1 is 1.24 bits per heavy atom. The van der Waals surface area contributed by atoms with Crippen molar-refractivity contribution in [1.82, 2.24) is 10.3 Å². The SMILES string of the molecule is CCC(NC(=S)Nc1cc(C)ccn1)c1ccccc1C. The molecule has 0 amide bonds. The first-order valence-corrected chi connectivity index (χ1v) is 7.56. The van der Waals surface area contributed by atoms with Crippen LogP contribution < -0.4 is 10.6 Å². The van der Waals surface area contributed by atoms with E-state index in [9.17, 15) is 0 Å². The average molecular weight is 299 g/mol. The number of benzene rings is 1. The maximum Gasteiger partial charge on any atom is 0.172 e. The molecule has 3 nitrogen and oxygen atoms in total. The number of aryl methyl sites for hydroxylation is 2. The van der Waals surface area contributed by atoms with E-state index in [1.165, 1.54) is 11.1 Å². The Labute approximate surface area is 131 Å². The summed E-state index contributed by atoms with van der Waals surface area (Å²) in [5, 5.41) is 7.12. The van der Waals surface area contributed by atoms with Crippen LogP contribution in [0.3, 0.4) is 0 Å². The van der Waals surface area contributed by atoms with Crippen LogP contribution in [0, 0.1) is 13.8 Å². The van der Waals surface area contributed by atoms with Crippen LogP contribution >= 0.6 is 12.2 Å². The molecular formula is C17H21N3S. The fourth-order valence-electron chi connectivity index (χ4n) is 2.29. The van der Waals surface area contributed by atoms with Gasteiger partial charge < -0.3 is 10.6 Å². The van der Waals surface area contributed by atoms with Gasteiger partial charge in [-0.25, -0.2) is 4.98 Å². The maximum atomic E-state index is 5.40. The number of aromatic nitrogens is 1. The minimum absolute atomic E-state index is 0.205. The Kier molecular flexibility index (Phi) is 5.28. The molecule has 4 heteroatoms. The molecule has 1 atom stereocenters. The third kappa shape index (κ3) is 4.26. The van der Waals surface area contributed by atoms with Crippen LogP contribution in [-0.4, -0.2) is 10.1 Å². The molecular weight excluding hydrogens is 278 g/mol. The molecule has 2 aromatic rings. The fraction of sp³-hybridized carbons (Fsp3) is 0.294. The number of thiocarbonyl (C=S) groups is 1. The first kappa shape index (κ1) is 15.4. The summed E-state index contributed by atoms with van der Waals surface area (Å²) < 4.78 is 0. The van der Waals surface area contributed by atoms with E-state index in [2.05, 4.69) is 53.7 Å². The van der Waals surface area contributed by atoms with E-state index >= 15 is 0 Å². The summed E-state index contributed by atoms with van der Waals surface area (Å²) in [5.74, 6) is 0.770. The van der Waals surface area contributed by atoms with Gasteiger partial charge in [0, 0.05) is 6.20 Å². The second kappa shape index (κ2) is 7.18. The zero-order valence-electron chi connectivity index (χ0n) is 12.7. The van der Waals surface area contributed by atoms with Gasteiger partial charge in [-0.3, -0.25) is 0 Å². The van der Waals surface area contributed by atoms with E-state index in [4.69, 9.17) is 12.2 Å². The number of anilines is 1. The first-order valence-electron chi connectivity index (χ1n) is 7.16. The number of rotatable bonds is 4. The predicted molar refractivity (Wildman–Crippen MR) is 92.5 cm³/mol. The molecule has 0 aliphatic carbocycles. The van der Waals surface area contributed by atoms with Crippen molar-refractivity contribution in [1.29, 1.82) is 0 Å². The Bertz CT molecular complexity index is 625. The van der Waals surface area contributed by atoms with Gasteiger partial charge in [0.05, 0.1) is 6.04 Å². The Morgan fingerprint density at radius 3 is 2.67 bits per heavy atom. The largest absolute Gasteiger partial charge is 0.356 e. The highest BCUT2D eigenvalue weighted by Crippen LogP contribution is 2.20. The van der Waals surface area contributed by atoms with Crippen LogP contribution in [0.25, 0.3) is 0 Å². The zero-order chi connectivity index (χ0) is 15.2.